The normalized spacial score (nSPS) is 18.2. The molecule has 0 heterocycles. The first-order valence-electron chi connectivity index (χ1n) is 24.5. The van der Waals surface area contributed by atoms with Crippen LogP contribution < -0.4 is 4.90 Å². The molecule has 2 saturated carbocycles. The van der Waals surface area contributed by atoms with Crippen LogP contribution in [0, 0.1) is 5.92 Å². The standard InChI is InChI=1S/C65H57N/c1-45(2)54-28-14-15-30-57(54)63-56-29-13-12-23-48(56)33-40-61(63)66(52-36-34-49(35-37-52)64-41-17-19-46(44-64)20-18-42-64)53-38-39-58-60(43-53)65(50-24-8-4-9-25-50,51-26-10-5-11-27-51)59-32-16-31-55(62(58)59)47-21-6-3-7-22-47/h3-16,21-40,43,45-46H,17-20,41-42,44H2,1-2H3. The molecule has 0 aromatic heterocycles. The lowest BCUT2D eigenvalue weighted by Crippen LogP contribution is -2.36. The second kappa shape index (κ2) is 16.5. The molecule has 1 nitrogen and oxygen atoms in total. The summed E-state index contributed by atoms with van der Waals surface area (Å²) in [6.45, 7) is 4.66. The van der Waals surface area contributed by atoms with Gasteiger partial charge in [-0.2, -0.15) is 0 Å². The summed E-state index contributed by atoms with van der Waals surface area (Å²) >= 11 is 0. The van der Waals surface area contributed by atoms with Gasteiger partial charge >= 0.3 is 0 Å². The van der Waals surface area contributed by atoms with E-state index in [1.807, 2.05) is 0 Å². The number of anilines is 3. The topological polar surface area (TPSA) is 3.24 Å². The van der Waals surface area contributed by atoms with Crippen molar-refractivity contribution in [2.75, 3.05) is 4.90 Å². The number of hydrogen-bond donors (Lipinski definition) is 0. The van der Waals surface area contributed by atoms with E-state index in [1.54, 1.807) is 0 Å². The van der Waals surface area contributed by atoms with Gasteiger partial charge in [0.2, 0.25) is 0 Å². The van der Waals surface area contributed by atoms with Crippen LogP contribution in [0.5, 0.6) is 0 Å². The van der Waals surface area contributed by atoms with E-state index < -0.39 is 5.41 Å². The van der Waals surface area contributed by atoms with Crippen molar-refractivity contribution in [3.05, 3.63) is 246 Å². The minimum absolute atomic E-state index is 0.301. The van der Waals surface area contributed by atoms with Crippen LogP contribution in [0.3, 0.4) is 0 Å². The van der Waals surface area contributed by atoms with Crippen LogP contribution in [0.1, 0.15) is 98.1 Å². The molecule has 0 atom stereocenters. The molecule has 9 aromatic rings. The first-order chi connectivity index (χ1) is 32.5. The molecule has 9 aromatic carbocycles. The van der Waals surface area contributed by atoms with Crippen LogP contribution in [0.25, 0.3) is 44.2 Å². The molecule has 0 aliphatic heterocycles. The maximum Gasteiger partial charge on any atom is 0.0714 e. The maximum absolute atomic E-state index is 2.59. The van der Waals surface area contributed by atoms with Gasteiger partial charge in [0.15, 0.2) is 0 Å². The predicted octanol–water partition coefficient (Wildman–Crippen LogP) is 17.7. The summed E-state index contributed by atoms with van der Waals surface area (Å²) in [6, 6.07) is 80.6. The van der Waals surface area contributed by atoms with Crippen LogP contribution in [0.4, 0.5) is 17.1 Å². The lowest BCUT2D eigenvalue weighted by molar-refractivity contribution is 0.149. The van der Waals surface area contributed by atoms with E-state index in [1.165, 1.54) is 134 Å². The Morgan fingerprint density at radius 1 is 0.470 bits per heavy atom. The first-order valence-corrected chi connectivity index (χ1v) is 24.5. The zero-order chi connectivity index (χ0) is 44.2. The molecule has 1 heteroatoms. The molecule has 0 unspecified atom stereocenters. The van der Waals surface area contributed by atoms with Crippen molar-refractivity contribution in [1.29, 1.82) is 0 Å². The highest BCUT2D eigenvalue weighted by atomic mass is 15.1. The molecule has 2 fully saturated rings. The Balaban J connectivity index is 1.15. The number of benzene rings is 9. The smallest absolute Gasteiger partial charge is 0.0714 e. The Morgan fingerprint density at radius 2 is 1.09 bits per heavy atom. The fourth-order valence-electron chi connectivity index (χ4n) is 13.0. The molecule has 0 amide bonds. The van der Waals surface area contributed by atoms with E-state index in [-0.39, 0.29) is 0 Å². The highest BCUT2D eigenvalue weighted by Gasteiger charge is 2.47. The highest BCUT2D eigenvalue weighted by Crippen LogP contribution is 2.60. The van der Waals surface area contributed by atoms with Gasteiger partial charge in [0.25, 0.3) is 0 Å². The van der Waals surface area contributed by atoms with Gasteiger partial charge in [-0.1, -0.05) is 222 Å². The zero-order valence-electron chi connectivity index (χ0n) is 38.3. The average Bonchev–Trinajstić information content (AvgIpc) is 3.68. The fraction of sp³-hybridized carbons (Fsp3) is 0.200. The average molecular weight is 852 g/mol. The van der Waals surface area contributed by atoms with Gasteiger partial charge in [0.05, 0.1) is 11.1 Å². The Bertz CT molecular complexity index is 3150. The monoisotopic (exact) mass is 851 g/mol. The third-order valence-electron chi connectivity index (χ3n) is 15.9. The minimum atomic E-state index is -0.572. The van der Waals surface area contributed by atoms with E-state index in [2.05, 4.69) is 231 Å². The Labute approximate surface area is 391 Å². The van der Waals surface area contributed by atoms with Crippen molar-refractivity contribution in [3.8, 4) is 33.4 Å². The number of rotatable bonds is 9. The second-order valence-corrected chi connectivity index (χ2v) is 19.7. The van der Waals surface area contributed by atoms with Gasteiger partial charge < -0.3 is 4.90 Å². The SMILES string of the molecule is CC(C)c1ccccc1-c1c(N(c2ccc(C34CCCC(CCC3)C4)cc2)c2ccc3c(c2)C(c2ccccc2)(c2ccccc2)c2cccc(-c4ccccc4)c2-3)ccc2ccccc12. The molecular weight excluding hydrogens is 795 g/mol. The Morgan fingerprint density at radius 3 is 1.80 bits per heavy atom. The van der Waals surface area contributed by atoms with Gasteiger partial charge in [0.1, 0.15) is 0 Å². The summed E-state index contributed by atoms with van der Waals surface area (Å²) in [4.78, 5) is 2.59. The van der Waals surface area contributed by atoms with Crippen molar-refractivity contribution in [1.82, 2.24) is 0 Å². The molecular formula is C65H57N. The summed E-state index contributed by atoms with van der Waals surface area (Å²) in [6.07, 6.45) is 9.46. The number of nitrogens with zero attached hydrogens (tertiary/aromatic N) is 1. The second-order valence-electron chi connectivity index (χ2n) is 19.7. The van der Waals surface area contributed by atoms with Crippen LogP contribution in [0.2, 0.25) is 0 Å². The van der Waals surface area contributed by atoms with Crippen molar-refractivity contribution in [2.24, 2.45) is 5.92 Å². The summed E-state index contributed by atoms with van der Waals surface area (Å²) in [5, 5.41) is 2.52. The molecule has 0 radical (unpaired) electrons. The molecule has 0 spiro atoms. The fourth-order valence-corrected chi connectivity index (χ4v) is 13.0. The van der Waals surface area contributed by atoms with Crippen molar-refractivity contribution in [3.63, 3.8) is 0 Å². The predicted molar refractivity (Wildman–Crippen MR) is 278 cm³/mol. The summed E-state index contributed by atoms with van der Waals surface area (Å²) in [7, 11) is 0. The van der Waals surface area contributed by atoms with Crippen LogP contribution in [-0.4, -0.2) is 0 Å². The van der Waals surface area contributed by atoms with E-state index in [4.69, 9.17) is 0 Å². The van der Waals surface area contributed by atoms with Crippen molar-refractivity contribution < 1.29 is 0 Å². The van der Waals surface area contributed by atoms with E-state index >= 15 is 0 Å². The summed E-state index contributed by atoms with van der Waals surface area (Å²) < 4.78 is 0. The maximum atomic E-state index is 2.59. The molecule has 322 valence electrons. The molecule has 3 aliphatic rings. The van der Waals surface area contributed by atoms with Gasteiger partial charge in [-0.25, -0.2) is 0 Å². The lowest BCUT2D eigenvalue weighted by Gasteiger charge is -2.46. The van der Waals surface area contributed by atoms with Gasteiger partial charge in [-0.15, -0.1) is 0 Å². The quantitative estimate of drug-likeness (QED) is 0.140. The summed E-state index contributed by atoms with van der Waals surface area (Å²) in [5.74, 6) is 1.22. The van der Waals surface area contributed by atoms with Crippen molar-refractivity contribution in [2.45, 2.75) is 75.5 Å². The third-order valence-corrected chi connectivity index (χ3v) is 15.9. The molecule has 3 aliphatic carbocycles. The zero-order valence-corrected chi connectivity index (χ0v) is 38.3. The lowest BCUT2D eigenvalue weighted by atomic mass is 9.59. The molecule has 66 heavy (non-hydrogen) atoms. The minimum Gasteiger partial charge on any atom is -0.310 e. The molecule has 2 bridgehead atoms. The van der Waals surface area contributed by atoms with E-state index in [9.17, 15) is 0 Å². The Hall–Kier alpha value is -6.96. The molecule has 0 saturated heterocycles. The van der Waals surface area contributed by atoms with Gasteiger partial charge in [-0.05, 0) is 139 Å². The van der Waals surface area contributed by atoms with E-state index in [0.717, 1.165) is 11.6 Å². The number of hydrogen-bond acceptors (Lipinski definition) is 1. The summed E-state index contributed by atoms with van der Waals surface area (Å²) in [5.41, 5.74) is 18.9. The highest BCUT2D eigenvalue weighted by molar-refractivity contribution is 6.06. The van der Waals surface area contributed by atoms with Crippen molar-refractivity contribution >= 4 is 27.8 Å². The van der Waals surface area contributed by atoms with E-state index in [0.29, 0.717) is 11.3 Å². The van der Waals surface area contributed by atoms with Gasteiger partial charge in [0, 0.05) is 16.9 Å². The number of fused-ring (bicyclic) bond motifs is 6. The van der Waals surface area contributed by atoms with Crippen LogP contribution in [0.15, 0.2) is 212 Å². The van der Waals surface area contributed by atoms with Crippen LogP contribution in [-0.2, 0) is 10.8 Å². The largest absolute Gasteiger partial charge is 0.310 e. The van der Waals surface area contributed by atoms with Crippen LogP contribution >= 0.6 is 0 Å². The third kappa shape index (κ3) is 6.50. The Kier molecular flexibility index (Phi) is 10.1. The first kappa shape index (κ1) is 40.5. The van der Waals surface area contributed by atoms with Gasteiger partial charge in [-0.3, -0.25) is 0 Å². The molecule has 12 rings (SSSR count). The molecule has 0 N–H and O–H groups in total.